The number of carbonyl (C=O) groups is 1. The number of hydrogen-bond donors (Lipinski definition) is 3. The number of nitrogens with one attached hydrogen (secondary N) is 2. The van der Waals surface area contributed by atoms with Crippen molar-refractivity contribution in [2.75, 3.05) is 11.9 Å². The van der Waals surface area contributed by atoms with Gasteiger partial charge in [-0.05, 0) is 42.7 Å². The van der Waals surface area contributed by atoms with Crippen LogP contribution in [0.4, 0.5) is 5.82 Å². The molecular formula is C15H17ClN4O2. The minimum absolute atomic E-state index is 0.0423. The molecule has 2 saturated carbocycles. The van der Waals surface area contributed by atoms with Crippen LogP contribution in [-0.2, 0) is 4.74 Å². The number of nitrogens with two attached hydrogens (primary N) is 1. The number of anilines is 1. The first-order valence-electron chi connectivity index (χ1n) is 7.11. The number of amides is 1. The molecule has 1 unspecified atom stereocenters. The molecule has 0 saturated heterocycles. The van der Waals surface area contributed by atoms with Crippen LogP contribution < -0.4 is 11.1 Å². The van der Waals surface area contributed by atoms with Crippen LogP contribution in [0.3, 0.4) is 0 Å². The molecule has 1 amide bonds. The molecule has 116 valence electrons. The first-order chi connectivity index (χ1) is 10.5. The van der Waals surface area contributed by atoms with Gasteiger partial charge in [0.15, 0.2) is 0 Å². The van der Waals surface area contributed by atoms with E-state index >= 15 is 0 Å². The normalized spacial score (nSPS) is 20.9. The number of pyridine rings is 1. The van der Waals surface area contributed by atoms with E-state index in [-0.39, 0.29) is 16.6 Å². The van der Waals surface area contributed by atoms with E-state index in [4.69, 9.17) is 27.5 Å². The molecule has 1 heterocycles. The van der Waals surface area contributed by atoms with Crippen molar-refractivity contribution in [3.63, 3.8) is 0 Å². The summed E-state index contributed by atoms with van der Waals surface area (Å²) in [7, 11) is 0. The summed E-state index contributed by atoms with van der Waals surface area (Å²) in [5, 5.41) is 10.6. The highest BCUT2D eigenvalue weighted by atomic mass is 35.5. The molecule has 4 N–H and O–H groups in total. The van der Waals surface area contributed by atoms with E-state index in [1.54, 1.807) is 12.3 Å². The minimum atomic E-state index is -0.622. The van der Waals surface area contributed by atoms with Crippen molar-refractivity contribution in [2.45, 2.75) is 19.3 Å². The summed E-state index contributed by atoms with van der Waals surface area (Å²) in [5.41, 5.74) is 5.91. The molecule has 0 bridgehead atoms. The van der Waals surface area contributed by atoms with E-state index in [0.29, 0.717) is 23.8 Å². The highest BCUT2D eigenvalue weighted by Crippen LogP contribution is 2.70. The zero-order valence-corrected chi connectivity index (χ0v) is 12.7. The third-order valence-corrected chi connectivity index (χ3v) is 4.56. The fourth-order valence-corrected chi connectivity index (χ4v) is 2.83. The molecule has 2 fully saturated rings. The van der Waals surface area contributed by atoms with E-state index in [0.717, 1.165) is 0 Å². The van der Waals surface area contributed by atoms with E-state index in [9.17, 15) is 4.79 Å². The standard InChI is InChI=1S/C15H17ClN4O2/c16-13-10(14(18)21)1-2-12(20-13)19-6-3-11(17)22-8-9-7-15(9)4-5-15/h1-3,6,9,17H,4-5,7-8H2,(H2,18,21)(H,19,20)/b6-3-,17-11?. The highest BCUT2D eigenvalue weighted by Gasteiger charge is 2.62. The van der Waals surface area contributed by atoms with Crippen molar-refractivity contribution in [3.8, 4) is 0 Å². The van der Waals surface area contributed by atoms with Crippen molar-refractivity contribution in [1.29, 1.82) is 5.41 Å². The van der Waals surface area contributed by atoms with Gasteiger partial charge in [-0.15, -0.1) is 0 Å². The first-order valence-corrected chi connectivity index (χ1v) is 7.49. The smallest absolute Gasteiger partial charge is 0.251 e. The van der Waals surface area contributed by atoms with E-state index in [2.05, 4.69) is 10.3 Å². The van der Waals surface area contributed by atoms with Gasteiger partial charge in [-0.25, -0.2) is 4.98 Å². The zero-order chi connectivity index (χ0) is 15.7. The number of nitrogens with zero attached hydrogens (tertiary/aromatic N) is 1. The lowest BCUT2D eigenvalue weighted by atomic mass is 10.3. The molecule has 1 aromatic heterocycles. The van der Waals surface area contributed by atoms with Gasteiger partial charge in [0, 0.05) is 12.3 Å². The summed E-state index contributed by atoms with van der Waals surface area (Å²) < 4.78 is 5.40. The highest BCUT2D eigenvalue weighted by molar-refractivity contribution is 6.32. The number of ether oxygens (including phenoxy) is 1. The Morgan fingerprint density at radius 2 is 2.36 bits per heavy atom. The zero-order valence-electron chi connectivity index (χ0n) is 11.9. The summed E-state index contributed by atoms with van der Waals surface area (Å²) >= 11 is 5.85. The lowest BCUT2D eigenvalue weighted by molar-refractivity contribution is 0.1000. The lowest BCUT2D eigenvalue weighted by Crippen LogP contribution is -2.12. The quantitative estimate of drug-likeness (QED) is 0.426. The maximum atomic E-state index is 11.0. The SMILES string of the molecule is N=C(/C=C\Nc1ccc(C(N)=O)c(Cl)n1)OCC1CC12CC2. The van der Waals surface area contributed by atoms with Crippen LogP contribution in [0, 0.1) is 16.7 Å². The van der Waals surface area contributed by atoms with Crippen LogP contribution in [0.15, 0.2) is 24.4 Å². The van der Waals surface area contributed by atoms with Gasteiger partial charge < -0.3 is 15.8 Å². The van der Waals surface area contributed by atoms with Crippen LogP contribution in [0.1, 0.15) is 29.6 Å². The second-order valence-corrected chi connectivity index (χ2v) is 6.17. The fraction of sp³-hybridized carbons (Fsp3) is 0.400. The van der Waals surface area contributed by atoms with Crippen LogP contribution >= 0.6 is 11.6 Å². The Hall–Kier alpha value is -2.08. The fourth-order valence-electron chi connectivity index (χ4n) is 2.58. The average Bonchev–Trinajstić information content (AvgIpc) is 3.37. The van der Waals surface area contributed by atoms with Crippen LogP contribution in [0.2, 0.25) is 5.15 Å². The predicted octanol–water partition coefficient (Wildman–Crippen LogP) is 2.55. The third-order valence-electron chi connectivity index (χ3n) is 4.27. The second kappa shape index (κ2) is 5.61. The molecule has 1 spiro atoms. The summed E-state index contributed by atoms with van der Waals surface area (Å²) in [6.07, 6.45) is 6.94. The molecule has 0 radical (unpaired) electrons. The molecule has 0 aromatic carbocycles. The summed E-state index contributed by atoms with van der Waals surface area (Å²) in [5.74, 6) is 0.576. The van der Waals surface area contributed by atoms with Gasteiger partial charge in [-0.1, -0.05) is 11.6 Å². The van der Waals surface area contributed by atoms with Crippen LogP contribution in [0.5, 0.6) is 0 Å². The molecule has 6 nitrogen and oxygen atoms in total. The van der Waals surface area contributed by atoms with E-state index < -0.39 is 5.91 Å². The Labute approximate surface area is 133 Å². The molecule has 1 atom stereocenters. The van der Waals surface area contributed by atoms with Gasteiger partial charge in [-0.2, -0.15) is 0 Å². The van der Waals surface area contributed by atoms with Gasteiger partial charge in [0.2, 0.25) is 5.90 Å². The van der Waals surface area contributed by atoms with Crippen LogP contribution in [-0.4, -0.2) is 23.4 Å². The average molecular weight is 321 g/mol. The van der Waals surface area contributed by atoms with Crippen molar-refractivity contribution in [2.24, 2.45) is 17.1 Å². The molecule has 7 heteroatoms. The van der Waals surface area contributed by atoms with Gasteiger partial charge >= 0.3 is 0 Å². The molecule has 0 aliphatic heterocycles. The van der Waals surface area contributed by atoms with Crippen molar-refractivity contribution >= 4 is 29.2 Å². The number of hydrogen-bond acceptors (Lipinski definition) is 5. The molecular weight excluding hydrogens is 304 g/mol. The maximum absolute atomic E-state index is 11.0. The second-order valence-electron chi connectivity index (χ2n) is 5.82. The summed E-state index contributed by atoms with van der Waals surface area (Å²) in [6.45, 7) is 0.626. The number of aromatic nitrogens is 1. The van der Waals surface area contributed by atoms with E-state index in [1.807, 2.05) is 0 Å². The third kappa shape index (κ3) is 3.22. The van der Waals surface area contributed by atoms with Crippen LogP contribution in [0.25, 0.3) is 0 Å². The van der Waals surface area contributed by atoms with Gasteiger partial charge in [0.05, 0.1) is 12.2 Å². The summed E-state index contributed by atoms with van der Waals surface area (Å²) in [6, 6.07) is 3.08. The Bertz CT molecular complexity index is 655. The van der Waals surface area contributed by atoms with Gasteiger partial charge in [-0.3, -0.25) is 10.2 Å². The molecule has 22 heavy (non-hydrogen) atoms. The van der Waals surface area contributed by atoms with Crippen molar-refractivity contribution < 1.29 is 9.53 Å². The Morgan fingerprint density at radius 3 is 2.95 bits per heavy atom. The molecule has 2 aliphatic carbocycles. The topological polar surface area (TPSA) is 101 Å². The Kier molecular flexibility index (Phi) is 3.78. The monoisotopic (exact) mass is 320 g/mol. The number of rotatable bonds is 6. The Morgan fingerprint density at radius 1 is 1.59 bits per heavy atom. The molecule has 1 aromatic rings. The van der Waals surface area contributed by atoms with E-state index in [1.165, 1.54) is 31.4 Å². The largest absolute Gasteiger partial charge is 0.478 e. The van der Waals surface area contributed by atoms with Gasteiger partial charge in [0.1, 0.15) is 11.0 Å². The minimum Gasteiger partial charge on any atom is -0.478 e. The summed E-state index contributed by atoms with van der Waals surface area (Å²) in [4.78, 5) is 15.0. The van der Waals surface area contributed by atoms with Crippen molar-refractivity contribution in [1.82, 2.24) is 4.98 Å². The lowest BCUT2D eigenvalue weighted by Gasteiger charge is -2.04. The number of primary amides is 1. The first kappa shape index (κ1) is 14.8. The Balaban J connectivity index is 1.45. The molecule has 2 aliphatic rings. The maximum Gasteiger partial charge on any atom is 0.251 e. The predicted molar refractivity (Wildman–Crippen MR) is 84.0 cm³/mol. The van der Waals surface area contributed by atoms with Gasteiger partial charge in [0.25, 0.3) is 5.91 Å². The number of carbonyl (C=O) groups excluding carboxylic acids is 1. The molecule has 3 rings (SSSR count). The van der Waals surface area contributed by atoms with Crippen molar-refractivity contribution in [3.05, 3.63) is 35.1 Å². The number of halogens is 1.